The molecule has 6 heteroatoms. The number of rotatable bonds is 3. The van der Waals surface area contributed by atoms with Crippen molar-refractivity contribution in [2.45, 2.75) is 19.3 Å². The summed E-state index contributed by atoms with van der Waals surface area (Å²) in [4.78, 5) is 10.5. The molecule has 0 fully saturated rings. The van der Waals surface area contributed by atoms with E-state index in [1.807, 2.05) is 6.92 Å². The van der Waals surface area contributed by atoms with Crippen molar-refractivity contribution in [2.24, 2.45) is 0 Å². The highest BCUT2D eigenvalue weighted by molar-refractivity contribution is 5.59. The van der Waals surface area contributed by atoms with Gasteiger partial charge in [0.15, 0.2) is 5.75 Å². The van der Waals surface area contributed by atoms with Crippen LogP contribution in [0, 0.1) is 21.4 Å². The van der Waals surface area contributed by atoms with Gasteiger partial charge < -0.3 is 9.47 Å². The van der Waals surface area contributed by atoms with Gasteiger partial charge in [0.05, 0.1) is 16.9 Å². The second kappa shape index (κ2) is 4.92. The molecule has 1 aliphatic heterocycles. The highest BCUT2D eigenvalue weighted by atomic mass is 16.6. The molecule has 0 N–H and O–H groups in total. The minimum absolute atomic E-state index is 0.143. The van der Waals surface area contributed by atoms with Crippen LogP contribution in [0.4, 0.5) is 5.69 Å². The van der Waals surface area contributed by atoms with Gasteiger partial charge in [-0.1, -0.05) is 6.92 Å². The molecule has 0 saturated carbocycles. The molecule has 1 aliphatic rings. The summed E-state index contributed by atoms with van der Waals surface area (Å²) in [6.07, 6.45) is 0.591. The van der Waals surface area contributed by atoms with Crippen LogP contribution in [0.5, 0.6) is 11.5 Å². The molecule has 1 atom stereocenters. The summed E-state index contributed by atoms with van der Waals surface area (Å²) in [5, 5.41) is 20.0. The predicted molar refractivity (Wildman–Crippen MR) is 62.7 cm³/mol. The van der Waals surface area contributed by atoms with Gasteiger partial charge in [-0.25, -0.2) is 0 Å². The Kier molecular flexibility index (Phi) is 3.33. The van der Waals surface area contributed by atoms with Gasteiger partial charge in [-0.3, -0.25) is 10.1 Å². The summed E-state index contributed by atoms with van der Waals surface area (Å²) >= 11 is 0. The lowest BCUT2D eigenvalue weighted by Crippen LogP contribution is -2.17. The van der Waals surface area contributed by atoms with Crippen LogP contribution >= 0.6 is 0 Å². The summed E-state index contributed by atoms with van der Waals surface area (Å²) in [7, 11) is 0. The Morgan fingerprint density at radius 3 is 2.83 bits per heavy atom. The van der Waals surface area contributed by atoms with Crippen molar-refractivity contribution in [3.63, 3.8) is 0 Å². The van der Waals surface area contributed by atoms with E-state index in [-0.39, 0.29) is 17.4 Å². The Hall–Kier alpha value is -2.29. The van der Waals surface area contributed by atoms with Gasteiger partial charge in [0.1, 0.15) is 13.2 Å². The van der Waals surface area contributed by atoms with Crippen molar-refractivity contribution >= 4 is 5.69 Å². The van der Waals surface area contributed by atoms with Crippen molar-refractivity contribution < 1.29 is 14.4 Å². The number of fused-ring (bicyclic) bond motifs is 1. The number of nitrogens with zero attached hydrogens (tertiary/aromatic N) is 2. The molecule has 0 saturated heterocycles. The molecule has 2 rings (SSSR count). The molecule has 0 amide bonds. The molecule has 0 bridgehead atoms. The maximum Gasteiger partial charge on any atom is 0.315 e. The summed E-state index contributed by atoms with van der Waals surface area (Å²) in [6.45, 7) is 2.51. The van der Waals surface area contributed by atoms with Gasteiger partial charge in [0.2, 0.25) is 5.75 Å². The minimum Gasteiger partial charge on any atom is -0.486 e. The lowest BCUT2D eigenvalue weighted by molar-refractivity contribution is -0.386. The Bertz CT molecular complexity index is 522. The maximum absolute atomic E-state index is 11.0. The van der Waals surface area contributed by atoms with Crippen LogP contribution in [-0.2, 0) is 0 Å². The number of ether oxygens (including phenoxy) is 2. The van der Waals surface area contributed by atoms with E-state index in [0.29, 0.717) is 30.9 Å². The normalized spacial score (nSPS) is 14.7. The van der Waals surface area contributed by atoms with Gasteiger partial charge in [-0.05, 0) is 18.1 Å². The molecule has 1 heterocycles. The molecule has 1 aromatic rings. The first-order valence-corrected chi connectivity index (χ1v) is 5.65. The number of nitriles is 1. The second-order valence-electron chi connectivity index (χ2n) is 3.91. The average Bonchev–Trinajstić information content (AvgIpc) is 2.39. The number of nitro groups is 1. The van der Waals surface area contributed by atoms with Gasteiger partial charge >= 0.3 is 5.69 Å². The first-order chi connectivity index (χ1) is 8.67. The second-order valence-corrected chi connectivity index (χ2v) is 3.91. The highest BCUT2D eigenvalue weighted by Crippen LogP contribution is 2.41. The number of benzene rings is 1. The van der Waals surface area contributed by atoms with Crippen molar-refractivity contribution in [2.75, 3.05) is 13.2 Å². The van der Waals surface area contributed by atoms with Gasteiger partial charge in [0.25, 0.3) is 0 Å². The minimum atomic E-state index is -0.513. The van der Waals surface area contributed by atoms with E-state index < -0.39 is 4.92 Å². The fourth-order valence-electron chi connectivity index (χ4n) is 1.89. The van der Waals surface area contributed by atoms with Crippen molar-refractivity contribution in [3.8, 4) is 17.6 Å². The third-order valence-electron chi connectivity index (χ3n) is 2.81. The van der Waals surface area contributed by atoms with E-state index in [9.17, 15) is 10.1 Å². The van der Waals surface area contributed by atoms with Crippen LogP contribution in [0.2, 0.25) is 0 Å². The molecule has 18 heavy (non-hydrogen) atoms. The molecule has 0 spiro atoms. The monoisotopic (exact) mass is 248 g/mol. The smallest absolute Gasteiger partial charge is 0.315 e. The maximum atomic E-state index is 11.0. The van der Waals surface area contributed by atoms with E-state index in [1.165, 1.54) is 6.07 Å². The summed E-state index contributed by atoms with van der Waals surface area (Å²) < 4.78 is 10.6. The van der Waals surface area contributed by atoms with Crippen molar-refractivity contribution in [3.05, 3.63) is 27.8 Å². The fraction of sp³-hybridized carbons (Fsp3) is 0.417. The van der Waals surface area contributed by atoms with Crippen molar-refractivity contribution in [1.82, 2.24) is 0 Å². The third-order valence-corrected chi connectivity index (χ3v) is 2.81. The van der Waals surface area contributed by atoms with E-state index in [1.54, 1.807) is 6.07 Å². The van der Waals surface area contributed by atoms with Crippen molar-refractivity contribution in [1.29, 1.82) is 5.26 Å². The molecule has 94 valence electrons. The predicted octanol–water partition coefficient (Wildman–Crippen LogP) is 2.38. The Morgan fingerprint density at radius 1 is 1.50 bits per heavy atom. The largest absolute Gasteiger partial charge is 0.486 e. The summed E-state index contributed by atoms with van der Waals surface area (Å²) in [5.41, 5.74) is 0.451. The third kappa shape index (κ3) is 2.07. The average molecular weight is 248 g/mol. The van der Waals surface area contributed by atoms with Crippen LogP contribution in [0.25, 0.3) is 0 Å². The summed E-state index contributed by atoms with van der Waals surface area (Å²) in [5.74, 6) is 0.126. The zero-order valence-corrected chi connectivity index (χ0v) is 9.88. The molecule has 0 aromatic heterocycles. The number of nitro benzene ring substituents is 1. The Morgan fingerprint density at radius 2 is 2.22 bits per heavy atom. The molecule has 0 radical (unpaired) electrons. The molecule has 1 aromatic carbocycles. The topological polar surface area (TPSA) is 85.4 Å². The first kappa shape index (κ1) is 12.2. The molecular weight excluding hydrogens is 236 g/mol. The van der Waals surface area contributed by atoms with E-state index in [2.05, 4.69) is 6.07 Å². The van der Waals surface area contributed by atoms with E-state index >= 15 is 0 Å². The zero-order valence-electron chi connectivity index (χ0n) is 9.88. The van der Waals surface area contributed by atoms with Gasteiger partial charge in [0, 0.05) is 6.07 Å². The molecule has 0 aliphatic carbocycles. The van der Waals surface area contributed by atoms with Gasteiger partial charge in [-0.15, -0.1) is 0 Å². The van der Waals surface area contributed by atoms with Crippen LogP contribution < -0.4 is 9.47 Å². The van der Waals surface area contributed by atoms with Crippen LogP contribution in [0.15, 0.2) is 12.1 Å². The number of hydrogen-bond donors (Lipinski definition) is 0. The SMILES string of the molecule is CCC(C#N)c1cc2c(c([N+](=O)[O-])c1)OCCO2. The molecule has 6 nitrogen and oxygen atoms in total. The first-order valence-electron chi connectivity index (χ1n) is 5.65. The molecular formula is C12H12N2O4. The zero-order chi connectivity index (χ0) is 13.1. The van der Waals surface area contributed by atoms with E-state index in [4.69, 9.17) is 14.7 Å². The quantitative estimate of drug-likeness (QED) is 0.605. The van der Waals surface area contributed by atoms with Crippen LogP contribution in [-0.4, -0.2) is 18.1 Å². The van der Waals surface area contributed by atoms with Gasteiger partial charge in [-0.2, -0.15) is 5.26 Å². The van der Waals surface area contributed by atoms with Crippen LogP contribution in [0.1, 0.15) is 24.8 Å². The lowest BCUT2D eigenvalue weighted by Gasteiger charge is -2.19. The molecule has 1 unspecified atom stereocenters. The summed E-state index contributed by atoms with van der Waals surface area (Å²) in [6, 6.07) is 5.17. The fourth-order valence-corrected chi connectivity index (χ4v) is 1.89. The Balaban J connectivity index is 2.55. The Labute approximate surface area is 104 Å². The van der Waals surface area contributed by atoms with E-state index in [0.717, 1.165) is 0 Å². The van der Waals surface area contributed by atoms with Crippen LogP contribution in [0.3, 0.4) is 0 Å². The number of hydrogen-bond acceptors (Lipinski definition) is 5. The lowest BCUT2D eigenvalue weighted by atomic mass is 9.97. The highest BCUT2D eigenvalue weighted by Gasteiger charge is 2.26. The standard InChI is InChI=1S/C12H12N2O4/c1-2-8(7-13)9-5-10(14(15)16)12-11(6-9)17-3-4-18-12/h5-6,8H,2-4H2,1H3.